The van der Waals surface area contributed by atoms with Gasteiger partial charge in [-0.05, 0) is 24.1 Å². The molecule has 0 saturated carbocycles. The molecule has 0 radical (unpaired) electrons. The maximum Gasteiger partial charge on any atom is 0.151 e. The zero-order valence-electron chi connectivity index (χ0n) is 8.47. The molecular formula is C13H11NO. The molecule has 2 aromatic rings. The molecule has 0 atom stereocenters. The van der Waals surface area contributed by atoms with Gasteiger partial charge in [-0.2, -0.15) is 0 Å². The third-order valence-electron chi connectivity index (χ3n) is 2.35. The van der Waals surface area contributed by atoms with Gasteiger partial charge < -0.3 is 0 Å². The minimum atomic E-state index is 0.607. The number of pyridine rings is 1. The molecule has 1 heterocycles. The smallest absolute Gasteiger partial charge is 0.151 e. The van der Waals surface area contributed by atoms with Crippen LogP contribution in [0.5, 0.6) is 0 Å². The summed E-state index contributed by atoms with van der Waals surface area (Å²) in [6.45, 7) is 2.04. The van der Waals surface area contributed by atoms with E-state index in [9.17, 15) is 4.79 Å². The zero-order valence-corrected chi connectivity index (χ0v) is 8.47. The standard InChI is InChI=1S/C13H11NO/c1-10-4-2-3-5-13(10)12-6-11(9-15)7-14-8-12/h2-9H,1H3. The number of hydrogen-bond donors (Lipinski definition) is 0. The molecule has 0 amide bonds. The fraction of sp³-hybridized carbons (Fsp3) is 0.0769. The average molecular weight is 197 g/mol. The van der Waals surface area contributed by atoms with Crippen LogP contribution in [0.2, 0.25) is 0 Å². The van der Waals surface area contributed by atoms with Crippen molar-refractivity contribution >= 4 is 6.29 Å². The molecule has 15 heavy (non-hydrogen) atoms. The first kappa shape index (κ1) is 9.59. The lowest BCUT2D eigenvalue weighted by molar-refractivity contribution is 0.112. The molecule has 2 heteroatoms. The molecule has 0 N–H and O–H groups in total. The summed E-state index contributed by atoms with van der Waals surface area (Å²) in [6, 6.07) is 9.90. The van der Waals surface area contributed by atoms with Gasteiger partial charge in [-0.15, -0.1) is 0 Å². The Morgan fingerprint density at radius 3 is 2.73 bits per heavy atom. The molecule has 0 saturated heterocycles. The summed E-state index contributed by atoms with van der Waals surface area (Å²) in [5.74, 6) is 0. The monoisotopic (exact) mass is 197 g/mol. The molecule has 2 nitrogen and oxygen atoms in total. The first-order valence-electron chi connectivity index (χ1n) is 4.77. The molecule has 2 rings (SSSR count). The summed E-state index contributed by atoms with van der Waals surface area (Å²) >= 11 is 0. The third kappa shape index (κ3) is 1.94. The highest BCUT2D eigenvalue weighted by Gasteiger charge is 2.01. The second-order valence-electron chi connectivity index (χ2n) is 3.44. The minimum absolute atomic E-state index is 0.607. The molecule has 0 bridgehead atoms. The van der Waals surface area contributed by atoms with Gasteiger partial charge in [0.25, 0.3) is 0 Å². The number of aldehydes is 1. The van der Waals surface area contributed by atoms with Crippen molar-refractivity contribution in [2.75, 3.05) is 0 Å². The number of benzene rings is 1. The van der Waals surface area contributed by atoms with Crippen molar-refractivity contribution in [1.29, 1.82) is 0 Å². The maximum atomic E-state index is 10.6. The summed E-state index contributed by atoms with van der Waals surface area (Å²) in [6.07, 6.45) is 4.15. The quantitative estimate of drug-likeness (QED) is 0.693. The van der Waals surface area contributed by atoms with Crippen LogP contribution in [-0.4, -0.2) is 11.3 Å². The van der Waals surface area contributed by atoms with Crippen LogP contribution in [0.25, 0.3) is 11.1 Å². The fourth-order valence-electron chi connectivity index (χ4n) is 1.57. The lowest BCUT2D eigenvalue weighted by Gasteiger charge is -2.04. The van der Waals surface area contributed by atoms with Crippen molar-refractivity contribution in [2.24, 2.45) is 0 Å². The van der Waals surface area contributed by atoms with Gasteiger partial charge in [-0.3, -0.25) is 9.78 Å². The SMILES string of the molecule is Cc1ccccc1-c1cncc(C=O)c1. The number of rotatable bonds is 2. The second-order valence-corrected chi connectivity index (χ2v) is 3.44. The summed E-state index contributed by atoms with van der Waals surface area (Å²) < 4.78 is 0. The third-order valence-corrected chi connectivity index (χ3v) is 2.35. The lowest BCUT2D eigenvalue weighted by atomic mass is 10.0. The topological polar surface area (TPSA) is 30.0 Å². The maximum absolute atomic E-state index is 10.6. The molecule has 0 unspecified atom stereocenters. The molecule has 74 valence electrons. The van der Waals surface area contributed by atoms with Crippen molar-refractivity contribution in [3.8, 4) is 11.1 Å². The van der Waals surface area contributed by atoms with Gasteiger partial charge in [0.05, 0.1) is 0 Å². The molecule has 1 aromatic carbocycles. The normalized spacial score (nSPS) is 9.93. The summed E-state index contributed by atoms with van der Waals surface area (Å²) in [7, 11) is 0. The van der Waals surface area contributed by atoms with Crippen LogP contribution in [0.4, 0.5) is 0 Å². The van der Waals surface area contributed by atoms with Crippen LogP contribution in [-0.2, 0) is 0 Å². The first-order chi connectivity index (χ1) is 7.31. The first-order valence-corrected chi connectivity index (χ1v) is 4.77. The van der Waals surface area contributed by atoms with Crippen LogP contribution in [0, 0.1) is 6.92 Å². The molecule has 0 aliphatic carbocycles. The predicted octanol–water partition coefficient (Wildman–Crippen LogP) is 2.87. The second kappa shape index (κ2) is 4.05. The van der Waals surface area contributed by atoms with Gasteiger partial charge in [0.1, 0.15) is 0 Å². The van der Waals surface area contributed by atoms with E-state index in [0.29, 0.717) is 5.56 Å². The van der Waals surface area contributed by atoms with Crippen molar-refractivity contribution < 1.29 is 4.79 Å². The van der Waals surface area contributed by atoms with Gasteiger partial charge >= 0.3 is 0 Å². The van der Waals surface area contributed by atoms with Gasteiger partial charge in [0.2, 0.25) is 0 Å². The van der Waals surface area contributed by atoms with Crippen LogP contribution in [0.15, 0.2) is 42.7 Å². The van der Waals surface area contributed by atoms with E-state index in [4.69, 9.17) is 0 Å². The number of carbonyl (C=O) groups is 1. The molecule has 0 spiro atoms. The van der Waals surface area contributed by atoms with E-state index < -0.39 is 0 Å². The van der Waals surface area contributed by atoms with Gasteiger partial charge in [0, 0.05) is 23.5 Å². The van der Waals surface area contributed by atoms with E-state index in [-0.39, 0.29) is 0 Å². The highest BCUT2D eigenvalue weighted by atomic mass is 16.1. The van der Waals surface area contributed by atoms with Crippen LogP contribution in [0.3, 0.4) is 0 Å². The zero-order chi connectivity index (χ0) is 10.7. The Hall–Kier alpha value is -1.96. The number of nitrogens with zero attached hydrogens (tertiary/aromatic N) is 1. The number of hydrogen-bond acceptors (Lipinski definition) is 2. The van der Waals surface area contributed by atoms with Gasteiger partial charge in [-0.25, -0.2) is 0 Å². The Labute approximate surface area is 88.6 Å². The number of aromatic nitrogens is 1. The molecule has 0 fully saturated rings. The van der Waals surface area contributed by atoms with Gasteiger partial charge in [0.15, 0.2) is 6.29 Å². The Bertz CT molecular complexity index is 491. The van der Waals surface area contributed by atoms with Crippen LogP contribution < -0.4 is 0 Å². The number of aryl methyl sites for hydroxylation is 1. The Morgan fingerprint density at radius 1 is 1.20 bits per heavy atom. The Kier molecular flexibility index (Phi) is 2.59. The Morgan fingerprint density at radius 2 is 2.00 bits per heavy atom. The van der Waals surface area contributed by atoms with Crippen molar-refractivity contribution in [3.05, 3.63) is 53.9 Å². The van der Waals surface area contributed by atoms with Crippen molar-refractivity contribution in [1.82, 2.24) is 4.98 Å². The van der Waals surface area contributed by atoms with E-state index in [2.05, 4.69) is 4.98 Å². The Balaban J connectivity index is 2.54. The molecule has 0 aliphatic rings. The van der Waals surface area contributed by atoms with Crippen molar-refractivity contribution in [2.45, 2.75) is 6.92 Å². The molecule has 1 aromatic heterocycles. The number of carbonyl (C=O) groups excluding carboxylic acids is 1. The van der Waals surface area contributed by atoms with Crippen LogP contribution in [0.1, 0.15) is 15.9 Å². The summed E-state index contributed by atoms with van der Waals surface area (Å²) in [4.78, 5) is 14.7. The molecule has 0 aliphatic heterocycles. The summed E-state index contributed by atoms with van der Waals surface area (Å²) in [5, 5.41) is 0. The van der Waals surface area contributed by atoms with Gasteiger partial charge in [-0.1, -0.05) is 24.3 Å². The lowest BCUT2D eigenvalue weighted by Crippen LogP contribution is -1.87. The van der Waals surface area contributed by atoms with E-state index >= 15 is 0 Å². The van der Waals surface area contributed by atoms with E-state index in [1.54, 1.807) is 12.4 Å². The predicted molar refractivity (Wildman–Crippen MR) is 59.8 cm³/mol. The fourth-order valence-corrected chi connectivity index (χ4v) is 1.57. The van der Waals surface area contributed by atoms with E-state index in [0.717, 1.165) is 17.4 Å². The summed E-state index contributed by atoms with van der Waals surface area (Å²) in [5.41, 5.74) is 3.89. The van der Waals surface area contributed by atoms with E-state index in [1.807, 2.05) is 37.3 Å². The largest absolute Gasteiger partial charge is 0.298 e. The highest BCUT2D eigenvalue weighted by molar-refractivity contribution is 5.78. The van der Waals surface area contributed by atoms with E-state index in [1.165, 1.54) is 5.56 Å². The minimum Gasteiger partial charge on any atom is -0.298 e. The highest BCUT2D eigenvalue weighted by Crippen LogP contribution is 2.22. The molecular weight excluding hydrogens is 186 g/mol. The van der Waals surface area contributed by atoms with Crippen molar-refractivity contribution in [3.63, 3.8) is 0 Å². The average Bonchev–Trinajstić information content (AvgIpc) is 2.30. The van der Waals surface area contributed by atoms with Crippen LogP contribution >= 0.6 is 0 Å².